The third-order valence-electron chi connectivity index (χ3n) is 6.49. The molecular weight excluding hydrogens is 292 g/mol. The molecule has 1 saturated carbocycles. The number of rotatable bonds is 1. The molecule has 4 aliphatic rings. The van der Waals surface area contributed by atoms with E-state index in [2.05, 4.69) is 26.8 Å². The van der Waals surface area contributed by atoms with E-state index in [1.54, 1.807) is 6.08 Å². The highest BCUT2D eigenvalue weighted by molar-refractivity contribution is 5.87. The lowest BCUT2D eigenvalue weighted by molar-refractivity contribution is -0.148. The van der Waals surface area contributed by atoms with Crippen LogP contribution in [0.5, 0.6) is 0 Å². The molecule has 0 amide bonds. The van der Waals surface area contributed by atoms with E-state index in [0.29, 0.717) is 0 Å². The summed E-state index contributed by atoms with van der Waals surface area (Å²) in [4.78, 5) is 24.7. The first-order valence-corrected chi connectivity index (χ1v) is 8.63. The number of carbonyl (C=O) groups is 2. The van der Waals surface area contributed by atoms with Gasteiger partial charge in [-0.25, -0.2) is 4.79 Å². The molecule has 0 aromatic rings. The zero-order chi connectivity index (χ0) is 16.6. The summed E-state index contributed by atoms with van der Waals surface area (Å²) >= 11 is 0. The highest BCUT2D eigenvalue weighted by atomic mass is 16.6. The molecule has 0 bridgehead atoms. The molecule has 23 heavy (non-hydrogen) atoms. The lowest BCUT2D eigenvalue weighted by Crippen LogP contribution is -2.51. The Hall–Kier alpha value is -1.58. The molecule has 124 valence electrons. The summed E-state index contributed by atoms with van der Waals surface area (Å²) in [6.45, 7) is 8.36. The summed E-state index contributed by atoms with van der Waals surface area (Å²) in [7, 11) is 0. The topological polar surface area (TPSA) is 52.6 Å². The van der Waals surface area contributed by atoms with Crippen molar-refractivity contribution in [1.29, 1.82) is 0 Å². The SMILES string of the molecule is CC(C)[C@H]1OC(=O)C=C2C1=C[C@H]1OC(=O)[C@@]3(C)CCC[C@@]2(C)[C@@H]13. The van der Waals surface area contributed by atoms with Crippen LogP contribution in [0.4, 0.5) is 0 Å². The number of fused-ring (bicyclic) bond motifs is 2. The summed E-state index contributed by atoms with van der Waals surface area (Å²) in [6, 6.07) is 0. The Labute approximate surface area is 136 Å². The number of carbonyl (C=O) groups excluding carboxylic acids is 2. The van der Waals surface area contributed by atoms with Gasteiger partial charge < -0.3 is 9.47 Å². The predicted molar refractivity (Wildman–Crippen MR) is 84.3 cm³/mol. The van der Waals surface area contributed by atoms with Crippen molar-refractivity contribution in [3.8, 4) is 0 Å². The van der Waals surface area contributed by atoms with E-state index in [9.17, 15) is 9.59 Å². The Bertz CT molecular complexity index is 658. The number of hydrogen-bond donors (Lipinski definition) is 0. The van der Waals surface area contributed by atoms with E-state index >= 15 is 0 Å². The molecule has 5 atom stereocenters. The van der Waals surface area contributed by atoms with E-state index in [4.69, 9.17) is 9.47 Å². The Morgan fingerprint density at radius 1 is 1.13 bits per heavy atom. The average Bonchev–Trinajstić information content (AvgIpc) is 2.72. The van der Waals surface area contributed by atoms with Crippen molar-refractivity contribution < 1.29 is 19.1 Å². The summed E-state index contributed by atoms with van der Waals surface area (Å²) < 4.78 is 11.3. The number of ether oxygens (including phenoxy) is 2. The van der Waals surface area contributed by atoms with Crippen LogP contribution in [0.1, 0.15) is 47.0 Å². The first-order valence-electron chi connectivity index (χ1n) is 8.63. The maximum absolute atomic E-state index is 12.5. The molecule has 0 N–H and O–H groups in total. The highest BCUT2D eigenvalue weighted by Gasteiger charge is 2.65. The van der Waals surface area contributed by atoms with E-state index in [1.165, 1.54) is 0 Å². The minimum atomic E-state index is -0.435. The van der Waals surface area contributed by atoms with Crippen LogP contribution in [-0.2, 0) is 19.1 Å². The molecule has 0 radical (unpaired) electrons. The maximum atomic E-state index is 12.5. The zero-order valence-corrected chi connectivity index (χ0v) is 14.2. The third kappa shape index (κ3) is 1.78. The van der Waals surface area contributed by atoms with Crippen molar-refractivity contribution in [3.05, 3.63) is 23.3 Å². The van der Waals surface area contributed by atoms with Gasteiger partial charge in [0, 0.05) is 17.4 Å². The van der Waals surface area contributed by atoms with Gasteiger partial charge in [0.2, 0.25) is 0 Å². The molecular formula is C19H24O4. The number of cyclic esters (lactones) is 1. The lowest BCUT2D eigenvalue weighted by Gasteiger charge is -2.53. The summed E-state index contributed by atoms with van der Waals surface area (Å²) in [5.41, 5.74) is 1.51. The van der Waals surface area contributed by atoms with Crippen LogP contribution >= 0.6 is 0 Å². The lowest BCUT2D eigenvalue weighted by atomic mass is 9.49. The standard InChI is InChI=1S/C19H24O4/c1-10(2)15-11-8-13-16-18(3,12(11)9-14(20)23-15)6-5-7-19(16,4)17(21)22-13/h8-10,13,15-16H,5-7H2,1-4H3/t13-,15-,16-,18-,19+/m1/s1. The van der Waals surface area contributed by atoms with Gasteiger partial charge in [-0.1, -0.05) is 27.2 Å². The fourth-order valence-corrected chi connectivity index (χ4v) is 5.48. The van der Waals surface area contributed by atoms with Gasteiger partial charge in [0.05, 0.1) is 5.41 Å². The number of hydrogen-bond acceptors (Lipinski definition) is 4. The Kier molecular flexibility index (Phi) is 2.92. The van der Waals surface area contributed by atoms with Gasteiger partial charge in [-0.3, -0.25) is 4.79 Å². The van der Waals surface area contributed by atoms with Crippen molar-refractivity contribution >= 4 is 11.9 Å². The maximum Gasteiger partial charge on any atom is 0.331 e. The highest BCUT2D eigenvalue weighted by Crippen LogP contribution is 2.64. The molecule has 2 heterocycles. The van der Waals surface area contributed by atoms with Crippen LogP contribution in [0.2, 0.25) is 0 Å². The van der Waals surface area contributed by atoms with E-state index < -0.39 is 5.41 Å². The smallest absolute Gasteiger partial charge is 0.331 e. The molecule has 1 saturated heterocycles. The largest absolute Gasteiger partial charge is 0.457 e. The van der Waals surface area contributed by atoms with Gasteiger partial charge in [-0.2, -0.15) is 0 Å². The van der Waals surface area contributed by atoms with Crippen molar-refractivity contribution in [1.82, 2.24) is 0 Å². The van der Waals surface area contributed by atoms with Gasteiger partial charge in [0.1, 0.15) is 12.2 Å². The fraction of sp³-hybridized carbons (Fsp3) is 0.684. The molecule has 2 aliphatic heterocycles. The molecule has 4 heteroatoms. The van der Waals surface area contributed by atoms with Gasteiger partial charge >= 0.3 is 11.9 Å². The molecule has 0 spiro atoms. The summed E-state index contributed by atoms with van der Waals surface area (Å²) in [5, 5.41) is 0. The molecule has 4 nitrogen and oxygen atoms in total. The van der Waals surface area contributed by atoms with Crippen LogP contribution in [-0.4, -0.2) is 24.1 Å². The fourth-order valence-electron chi connectivity index (χ4n) is 5.48. The van der Waals surface area contributed by atoms with Crippen LogP contribution in [0.25, 0.3) is 0 Å². The second-order valence-electron chi connectivity index (χ2n) is 8.32. The molecule has 2 fully saturated rings. The third-order valence-corrected chi connectivity index (χ3v) is 6.49. The van der Waals surface area contributed by atoms with Gasteiger partial charge in [0.25, 0.3) is 0 Å². The average molecular weight is 316 g/mol. The minimum absolute atomic E-state index is 0.0807. The van der Waals surface area contributed by atoms with Gasteiger partial charge in [-0.05, 0) is 42.9 Å². The van der Waals surface area contributed by atoms with E-state index in [-0.39, 0.29) is 41.4 Å². The second-order valence-corrected chi connectivity index (χ2v) is 8.32. The van der Waals surface area contributed by atoms with E-state index in [1.807, 2.05) is 6.92 Å². The minimum Gasteiger partial charge on any atom is -0.457 e. The van der Waals surface area contributed by atoms with Crippen molar-refractivity contribution in [2.75, 3.05) is 0 Å². The van der Waals surface area contributed by atoms with Crippen LogP contribution < -0.4 is 0 Å². The summed E-state index contributed by atoms with van der Waals surface area (Å²) in [5.74, 6) is -0.0259. The van der Waals surface area contributed by atoms with Crippen molar-refractivity contribution in [3.63, 3.8) is 0 Å². The molecule has 0 unspecified atom stereocenters. The van der Waals surface area contributed by atoms with Crippen LogP contribution in [0.3, 0.4) is 0 Å². The predicted octanol–water partition coefficient (Wildman–Crippen LogP) is 3.17. The monoisotopic (exact) mass is 316 g/mol. The first-order chi connectivity index (χ1) is 10.8. The first kappa shape index (κ1) is 15.0. The van der Waals surface area contributed by atoms with Crippen molar-refractivity contribution in [2.45, 2.75) is 59.2 Å². The van der Waals surface area contributed by atoms with Gasteiger partial charge in [-0.15, -0.1) is 0 Å². The molecule has 2 aliphatic carbocycles. The van der Waals surface area contributed by atoms with Crippen LogP contribution in [0.15, 0.2) is 23.3 Å². The Balaban J connectivity index is 1.92. The summed E-state index contributed by atoms with van der Waals surface area (Å²) in [6.07, 6.45) is 6.13. The Morgan fingerprint density at radius 2 is 1.83 bits per heavy atom. The molecule has 0 aromatic carbocycles. The number of esters is 2. The van der Waals surface area contributed by atoms with Crippen LogP contribution in [0, 0.1) is 22.7 Å². The van der Waals surface area contributed by atoms with E-state index in [0.717, 1.165) is 30.4 Å². The van der Waals surface area contributed by atoms with Gasteiger partial charge in [0.15, 0.2) is 0 Å². The Morgan fingerprint density at radius 3 is 2.52 bits per heavy atom. The second kappa shape index (κ2) is 4.49. The quantitative estimate of drug-likeness (QED) is 0.697. The molecule has 0 aromatic heterocycles. The normalized spacial score (nSPS) is 44.8. The zero-order valence-electron chi connectivity index (χ0n) is 14.2. The molecule has 4 rings (SSSR count). The van der Waals surface area contributed by atoms with Crippen molar-refractivity contribution in [2.24, 2.45) is 22.7 Å².